The maximum Gasteiger partial charge on any atom is 0.00928 e. The third-order valence-electron chi connectivity index (χ3n) is 7.66. The molecule has 0 amide bonds. The first kappa shape index (κ1) is 35.0. The van der Waals surface area contributed by atoms with Crippen LogP contribution in [-0.4, -0.2) is 11.6 Å². The van der Waals surface area contributed by atoms with Crippen LogP contribution in [0.15, 0.2) is 24.3 Å². The SMILES string of the molecule is CC(C)(C)c1cc(C(C)(C)C)c(P=CC=Pc2c(C(C)(C)C)cc(C(C)(C)C)cc2C(C)(C)C)c(C(C)(C)C)c1. The Morgan fingerprint density at radius 2 is 0.550 bits per heavy atom. The quantitative estimate of drug-likeness (QED) is 0.318. The van der Waals surface area contributed by atoms with Gasteiger partial charge in [-0.2, -0.15) is 0 Å². The van der Waals surface area contributed by atoms with Gasteiger partial charge in [0.2, 0.25) is 0 Å². The zero-order valence-electron chi connectivity index (χ0n) is 29.4. The Morgan fingerprint density at radius 3 is 0.700 bits per heavy atom. The third kappa shape index (κ3) is 8.65. The molecule has 0 aliphatic rings. The minimum atomic E-state index is 0.0801. The highest BCUT2D eigenvalue weighted by Gasteiger charge is 2.30. The van der Waals surface area contributed by atoms with E-state index in [2.05, 4.69) is 160 Å². The van der Waals surface area contributed by atoms with Gasteiger partial charge in [0.15, 0.2) is 0 Å². The van der Waals surface area contributed by atoms with E-state index < -0.39 is 0 Å². The zero-order chi connectivity index (χ0) is 31.3. The molecular weight excluding hydrogens is 518 g/mol. The van der Waals surface area contributed by atoms with E-state index in [1.807, 2.05) is 0 Å². The van der Waals surface area contributed by atoms with Crippen LogP contribution in [0.4, 0.5) is 0 Å². The third-order valence-corrected chi connectivity index (χ3v) is 9.97. The largest absolute Gasteiger partial charge is 0.0675 e. The normalized spacial score (nSPS) is 14.6. The number of benzene rings is 2. The van der Waals surface area contributed by atoms with Crippen molar-refractivity contribution in [1.82, 2.24) is 0 Å². The minimum Gasteiger partial charge on any atom is -0.0675 e. The molecule has 0 heterocycles. The van der Waals surface area contributed by atoms with Crippen LogP contribution in [0.25, 0.3) is 0 Å². The van der Waals surface area contributed by atoms with Gasteiger partial charge in [-0.3, -0.25) is 0 Å². The van der Waals surface area contributed by atoms with Crippen molar-refractivity contribution in [3.8, 4) is 0 Å². The van der Waals surface area contributed by atoms with E-state index in [0.717, 1.165) is 0 Å². The van der Waals surface area contributed by atoms with Gasteiger partial charge in [-0.1, -0.05) is 165 Å². The van der Waals surface area contributed by atoms with Crippen molar-refractivity contribution in [3.63, 3.8) is 0 Å². The highest BCUT2D eigenvalue weighted by molar-refractivity contribution is 7.56. The molecule has 0 N–H and O–H groups in total. The summed E-state index contributed by atoms with van der Waals surface area (Å²) in [4.78, 5) is 0. The topological polar surface area (TPSA) is 0 Å². The van der Waals surface area contributed by atoms with Crippen molar-refractivity contribution in [3.05, 3.63) is 57.6 Å². The molecule has 0 aliphatic heterocycles. The summed E-state index contributed by atoms with van der Waals surface area (Å²) in [7, 11) is 2.56. The summed E-state index contributed by atoms with van der Waals surface area (Å²) in [6, 6.07) is 9.96. The van der Waals surface area contributed by atoms with Gasteiger partial charge in [0, 0.05) is 10.6 Å². The lowest BCUT2D eigenvalue weighted by atomic mass is 9.75. The summed E-state index contributed by atoms with van der Waals surface area (Å²) < 4.78 is 0. The van der Waals surface area contributed by atoms with Gasteiger partial charge >= 0.3 is 0 Å². The average Bonchev–Trinajstić information content (AvgIpc) is 2.71. The van der Waals surface area contributed by atoms with Gasteiger partial charge in [-0.15, -0.1) is 0 Å². The smallest absolute Gasteiger partial charge is 0.00928 e. The second kappa shape index (κ2) is 11.5. The Kier molecular flexibility index (Phi) is 10.0. The molecule has 0 saturated heterocycles. The van der Waals surface area contributed by atoms with Crippen LogP contribution >= 0.6 is 16.4 Å². The maximum absolute atomic E-state index is 2.49. The molecule has 0 saturated carbocycles. The van der Waals surface area contributed by atoms with E-state index in [9.17, 15) is 0 Å². The van der Waals surface area contributed by atoms with E-state index in [4.69, 9.17) is 0 Å². The lowest BCUT2D eigenvalue weighted by Gasteiger charge is -2.32. The van der Waals surface area contributed by atoms with Gasteiger partial charge in [-0.05, 0) is 77.5 Å². The van der Waals surface area contributed by atoms with Crippen LogP contribution in [0.1, 0.15) is 158 Å². The van der Waals surface area contributed by atoms with Crippen LogP contribution in [0.5, 0.6) is 0 Å². The molecule has 0 aromatic heterocycles. The van der Waals surface area contributed by atoms with Crippen LogP contribution in [0, 0.1) is 0 Å². The number of hydrogen-bond acceptors (Lipinski definition) is 0. The molecule has 0 nitrogen and oxygen atoms in total. The number of rotatable bonds is 3. The zero-order valence-corrected chi connectivity index (χ0v) is 31.1. The van der Waals surface area contributed by atoms with Crippen molar-refractivity contribution >= 4 is 38.6 Å². The molecule has 40 heavy (non-hydrogen) atoms. The summed E-state index contributed by atoms with van der Waals surface area (Å²) in [6.07, 6.45) is 0. The Bertz CT molecular complexity index is 1090. The molecule has 0 radical (unpaired) electrons. The van der Waals surface area contributed by atoms with E-state index >= 15 is 0 Å². The summed E-state index contributed by atoms with van der Waals surface area (Å²) in [5.41, 5.74) is 9.36. The summed E-state index contributed by atoms with van der Waals surface area (Å²) in [5.74, 6) is 4.82. The molecule has 2 aromatic carbocycles. The summed E-state index contributed by atoms with van der Waals surface area (Å²) in [5, 5.41) is 2.96. The highest BCUT2D eigenvalue weighted by atomic mass is 31.1. The molecular formula is C38H60P2. The van der Waals surface area contributed by atoms with Crippen LogP contribution < -0.4 is 10.6 Å². The van der Waals surface area contributed by atoms with Crippen molar-refractivity contribution < 1.29 is 0 Å². The molecule has 0 spiro atoms. The first-order chi connectivity index (χ1) is 17.6. The van der Waals surface area contributed by atoms with Crippen molar-refractivity contribution in [2.45, 2.75) is 157 Å². The molecule has 2 heteroatoms. The fraction of sp³-hybridized carbons (Fsp3) is 0.632. The highest BCUT2D eigenvalue weighted by Crippen LogP contribution is 2.37. The monoisotopic (exact) mass is 578 g/mol. The van der Waals surface area contributed by atoms with E-state index in [1.165, 1.54) is 60.4 Å². The van der Waals surface area contributed by atoms with Crippen molar-refractivity contribution in [2.75, 3.05) is 0 Å². The Hall–Kier alpha value is -1.22. The second-order valence-corrected chi connectivity index (χ2v) is 19.9. The molecule has 0 fully saturated rings. The maximum atomic E-state index is 2.49. The van der Waals surface area contributed by atoms with Crippen LogP contribution in [0.3, 0.4) is 0 Å². The fourth-order valence-corrected chi connectivity index (χ4v) is 7.90. The second-order valence-electron chi connectivity index (χ2n) is 17.9. The Balaban J connectivity index is 2.82. The van der Waals surface area contributed by atoms with Gasteiger partial charge in [-0.25, -0.2) is 0 Å². The average molecular weight is 579 g/mol. The van der Waals surface area contributed by atoms with E-state index in [-0.39, 0.29) is 32.5 Å². The van der Waals surface area contributed by atoms with Gasteiger partial charge in [0.25, 0.3) is 0 Å². The molecule has 0 bridgehead atoms. The van der Waals surface area contributed by atoms with Crippen LogP contribution in [-0.2, 0) is 32.5 Å². The summed E-state index contributed by atoms with van der Waals surface area (Å²) >= 11 is 0. The lowest BCUT2D eigenvalue weighted by Crippen LogP contribution is -2.30. The molecule has 0 aliphatic carbocycles. The number of hydrogen-bond donors (Lipinski definition) is 0. The Morgan fingerprint density at radius 1 is 0.350 bits per heavy atom. The lowest BCUT2D eigenvalue weighted by molar-refractivity contribution is 0.553. The fourth-order valence-electron chi connectivity index (χ4n) is 4.92. The van der Waals surface area contributed by atoms with Gasteiger partial charge in [0.1, 0.15) is 0 Å². The molecule has 0 atom stereocenters. The van der Waals surface area contributed by atoms with Gasteiger partial charge < -0.3 is 0 Å². The predicted molar refractivity (Wildman–Crippen MR) is 190 cm³/mol. The summed E-state index contributed by atoms with van der Waals surface area (Å²) in [6.45, 7) is 42.4. The van der Waals surface area contributed by atoms with E-state index in [1.54, 1.807) is 0 Å². The van der Waals surface area contributed by atoms with E-state index in [0.29, 0.717) is 0 Å². The standard InChI is InChI=1S/C38H60P2/c1-33(2,3)25-21-27(35(7,8)9)31(28(22-25)36(10,11)12)39-19-20-40-32-29(37(13,14)15)23-26(34(4,5)6)24-30(32)38(16,17)18/h19-24H,1-18H3. The predicted octanol–water partition coefficient (Wildman–Crippen LogP) is 10.9. The Labute approximate surface area is 252 Å². The molecule has 0 unspecified atom stereocenters. The first-order valence-corrected chi connectivity index (χ1v) is 17.0. The van der Waals surface area contributed by atoms with Gasteiger partial charge in [0.05, 0.1) is 0 Å². The molecule has 2 aromatic rings. The van der Waals surface area contributed by atoms with Crippen LogP contribution in [0.2, 0.25) is 0 Å². The molecule has 2 rings (SSSR count). The van der Waals surface area contributed by atoms with Crippen molar-refractivity contribution in [1.29, 1.82) is 0 Å². The molecule has 222 valence electrons. The van der Waals surface area contributed by atoms with Crippen molar-refractivity contribution in [2.24, 2.45) is 0 Å². The minimum absolute atomic E-state index is 0.0801. The first-order valence-electron chi connectivity index (χ1n) is 15.1.